The summed E-state index contributed by atoms with van der Waals surface area (Å²) in [6.07, 6.45) is -0.526. The number of aliphatic hydroxyl groups excluding tert-OH is 1. The van der Waals surface area contributed by atoms with Crippen LogP contribution >= 0.6 is 11.8 Å². The third-order valence-electron chi connectivity index (χ3n) is 3.74. The number of hydrogen-bond acceptors (Lipinski definition) is 5. The molecule has 138 valence electrons. The van der Waals surface area contributed by atoms with E-state index >= 15 is 0 Å². The fourth-order valence-electron chi connectivity index (χ4n) is 2.35. The number of aliphatic hydroxyl groups is 1. The molecule has 7 heteroatoms. The normalized spacial score (nSPS) is 12.9. The number of halogens is 1. The number of rotatable bonds is 9. The van der Waals surface area contributed by atoms with Gasteiger partial charge in [0.05, 0.1) is 5.25 Å². The Morgan fingerprint density at radius 1 is 1.31 bits per heavy atom. The van der Waals surface area contributed by atoms with Crippen LogP contribution in [0.5, 0.6) is 5.75 Å². The Bertz CT molecular complexity index is 739. The quantitative estimate of drug-likeness (QED) is 0.657. The van der Waals surface area contributed by atoms with Gasteiger partial charge in [0.2, 0.25) is 5.91 Å². The molecule has 0 aliphatic rings. The Morgan fingerprint density at radius 2 is 2.04 bits per heavy atom. The lowest BCUT2D eigenvalue weighted by atomic mass is 10.1. The first kappa shape index (κ1) is 19.9. The molecule has 0 spiro atoms. The summed E-state index contributed by atoms with van der Waals surface area (Å²) < 4.78 is 18.7. The van der Waals surface area contributed by atoms with Crippen LogP contribution in [0.2, 0.25) is 0 Å². The highest BCUT2D eigenvalue weighted by Gasteiger charge is 2.18. The molecule has 2 unspecified atom stereocenters. The van der Waals surface area contributed by atoms with Crippen molar-refractivity contribution >= 4 is 23.3 Å². The molecule has 2 aromatic rings. The van der Waals surface area contributed by atoms with E-state index in [0.717, 1.165) is 17.3 Å². The third kappa shape index (κ3) is 5.86. The number of carbonyl (C=O) groups excluding carboxylic acids is 2. The lowest BCUT2D eigenvalue weighted by molar-refractivity contribution is -0.120. The first-order valence-corrected chi connectivity index (χ1v) is 8.93. The van der Waals surface area contributed by atoms with E-state index < -0.39 is 17.2 Å². The summed E-state index contributed by atoms with van der Waals surface area (Å²) in [5.41, 5.74) is 1.98. The Labute approximate surface area is 155 Å². The van der Waals surface area contributed by atoms with E-state index in [4.69, 9.17) is 4.74 Å². The molecule has 0 saturated carbocycles. The monoisotopic (exact) mass is 377 g/mol. The summed E-state index contributed by atoms with van der Waals surface area (Å²) in [6.45, 7) is -0.00927. The zero-order valence-corrected chi connectivity index (χ0v) is 15.0. The summed E-state index contributed by atoms with van der Waals surface area (Å²) >= 11 is 0.934. The van der Waals surface area contributed by atoms with E-state index in [2.05, 4.69) is 5.32 Å². The number of nitrogens with one attached hydrogen (secondary N) is 1. The topological polar surface area (TPSA) is 75.6 Å². The number of amides is 1. The predicted octanol–water partition coefficient (Wildman–Crippen LogP) is 2.52. The van der Waals surface area contributed by atoms with Crippen molar-refractivity contribution in [3.05, 3.63) is 65.5 Å². The second-order valence-corrected chi connectivity index (χ2v) is 6.60. The highest BCUT2D eigenvalue weighted by Crippen LogP contribution is 2.20. The zero-order valence-electron chi connectivity index (χ0n) is 14.2. The summed E-state index contributed by atoms with van der Waals surface area (Å²) in [6, 6.07) is 12.8. The largest absolute Gasteiger partial charge is 0.491 e. The molecule has 2 N–H and O–H groups in total. The van der Waals surface area contributed by atoms with Gasteiger partial charge in [0.15, 0.2) is 5.62 Å². The zero-order chi connectivity index (χ0) is 18.9. The van der Waals surface area contributed by atoms with E-state index in [1.165, 1.54) is 25.2 Å². The van der Waals surface area contributed by atoms with Gasteiger partial charge in [-0.05, 0) is 41.8 Å². The van der Waals surface area contributed by atoms with Gasteiger partial charge in [-0.15, -0.1) is 0 Å². The molecule has 0 radical (unpaired) electrons. The molecule has 0 fully saturated rings. The third-order valence-corrected chi connectivity index (χ3v) is 4.56. The predicted molar refractivity (Wildman–Crippen MR) is 99.2 cm³/mol. The lowest BCUT2D eigenvalue weighted by Crippen LogP contribution is -2.31. The molecular formula is C19H20FNO4S. The number of hydrogen-bond donors (Lipinski definition) is 2. The molecule has 2 aromatic carbocycles. The second kappa shape index (κ2) is 9.94. The van der Waals surface area contributed by atoms with Gasteiger partial charge in [0.25, 0.3) is 0 Å². The van der Waals surface area contributed by atoms with Crippen molar-refractivity contribution in [2.45, 2.75) is 17.8 Å². The average molecular weight is 377 g/mol. The Balaban J connectivity index is 1.92. The maximum Gasteiger partial charge on any atom is 0.233 e. The number of ether oxygens (including phenoxy) is 1. The maximum absolute atomic E-state index is 13.2. The molecule has 0 aliphatic carbocycles. The van der Waals surface area contributed by atoms with Gasteiger partial charge in [-0.2, -0.15) is 0 Å². The summed E-state index contributed by atoms with van der Waals surface area (Å²) in [7, 11) is 1.53. The molecule has 0 aromatic heterocycles. The first-order valence-electron chi connectivity index (χ1n) is 7.99. The summed E-state index contributed by atoms with van der Waals surface area (Å²) in [5.74, 6) is -0.0749. The molecule has 5 nitrogen and oxygen atoms in total. The Hall–Kier alpha value is -2.38. The minimum Gasteiger partial charge on any atom is -0.491 e. The molecule has 0 heterocycles. The van der Waals surface area contributed by atoms with Gasteiger partial charge in [-0.1, -0.05) is 36.0 Å². The van der Waals surface area contributed by atoms with Crippen LogP contribution in [0.3, 0.4) is 0 Å². The van der Waals surface area contributed by atoms with Crippen molar-refractivity contribution in [1.82, 2.24) is 5.32 Å². The number of benzene rings is 2. The minimum absolute atomic E-state index is 0.00927. The van der Waals surface area contributed by atoms with Gasteiger partial charge in [0, 0.05) is 7.05 Å². The fraction of sp³-hybridized carbons (Fsp3) is 0.263. The van der Waals surface area contributed by atoms with Crippen molar-refractivity contribution in [3.63, 3.8) is 0 Å². The minimum atomic E-state index is -0.938. The van der Waals surface area contributed by atoms with Crippen molar-refractivity contribution in [3.8, 4) is 5.75 Å². The summed E-state index contributed by atoms with van der Waals surface area (Å²) in [4.78, 5) is 22.4. The van der Waals surface area contributed by atoms with Gasteiger partial charge in [-0.25, -0.2) is 4.39 Å². The van der Waals surface area contributed by atoms with Crippen LogP contribution in [0.25, 0.3) is 0 Å². The van der Waals surface area contributed by atoms with Crippen LogP contribution in [0, 0.1) is 5.82 Å². The van der Waals surface area contributed by atoms with Crippen molar-refractivity contribution in [2.24, 2.45) is 0 Å². The van der Waals surface area contributed by atoms with E-state index in [1.807, 2.05) is 0 Å². The Morgan fingerprint density at radius 3 is 2.65 bits per heavy atom. The number of thioether (sulfide) groups is 1. The standard InChI is InChI=1S/C19H20FNO4S/c1-21-19(24)18(26-12-22)9-13-5-7-16(8-6-13)25-11-17(23)14-3-2-4-15(20)10-14/h2-8,10,12,17-18,23H,9,11H2,1H3,(H,21,24). The SMILES string of the molecule is CNC(=O)C(Cc1ccc(OCC(O)c2cccc(F)c2)cc1)SC=O. The molecule has 1 amide bonds. The molecule has 0 aliphatic heterocycles. The molecule has 2 rings (SSSR count). The highest BCUT2D eigenvalue weighted by atomic mass is 32.2. The van der Waals surface area contributed by atoms with Crippen LogP contribution in [0.1, 0.15) is 17.2 Å². The van der Waals surface area contributed by atoms with E-state index in [9.17, 15) is 19.1 Å². The van der Waals surface area contributed by atoms with Crippen LogP contribution in [0.15, 0.2) is 48.5 Å². The molecule has 0 saturated heterocycles. The molecule has 26 heavy (non-hydrogen) atoms. The van der Waals surface area contributed by atoms with Crippen molar-refractivity contribution in [1.29, 1.82) is 0 Å². The number of carbonyl (C=O) groups is 2. The highest BCUT2D eigenvalue weighted by molar-refractivity contribution is 8.13. The molecule has 0 bridgehead atoms. The van der Waals surface area contributed by atoms with E-state index in [1.54, 1.807) is 30.3 Å². The van der Waals surface area contributed by atoms with Gasteiger partial charge < -0.3 is 15.2 Å². The van der Waals surface area contributed by atoms with Gasteiger partial charge in [0.1, 0.15) is 24.3 Å². The van der Waals surface area contributed by atoms with Crippen LogP contribution < -0.4 is 10.1 Å². The lowest BCUT2D eigenvalue weighted by Gasteiger charge is -2.14. The van der Waals surface area contributed by atoms with Crippen molar-refractivity contribution in [2.75, 3.05) is 13.7 Å². The van der Waals surface area contributed by atoms with Gasteiger partial charge in [-0.3, -0.25) is 9.59 Å². The molecule has 2 atom stereocenters. The van der Waals surface area contributed by atoms with Gasteiger partial charge >= 0.3 is 0 Å². The molecular weight excluding hydrogens is 357 g/mol. The van der Waals surface area contributed by atoms with E-state index in [0.29, 0.717) is 23.4 Å². The average Bonchev–Trinajstić information content (AvgIpc) is 2.66. The Kier molecular flexibility index (Phi) is 7.62. The van der Waals surface area contributed by atoms with Crippen LogP contribution in [-0.4, -0.2) is 35.5 Å². The van der Waals surface area contributed by atoms with E-state index in [-0.39, 0.29) is 12.5 Å². The second-order valence-electron chi connectivity index (χ2n) is 5.57. The first-order chi connectivity index (χ1) is 12.5. The van der Waals surface area contributed by atoms with Crippen LogP contribution in [-0.2, 0) is 16.0 Å². The summed E-state index contributed by atoms with van der Waals surface area (Å²) in [5, 5.41) is 12.1. The fourth-order valence-corrected chi connectivity index (χ4v) is 3.02. The maximum atomic E-state index is 13.2. The smallest absolute Gasteiger partial charge is 0.233 e. The van der Waals surface area contributed by atoms with Crippen LogP contribution in [0.4, 0.5) is 4.39 Å². The van der Waals surface area contributed by atoms with Crippen molar-refractivity contribution < 1.29 is 23.8 Å².